The summed E-state index contributed by atoms with van der Waals surface area (Å²) in [5, 5.41) is 7.78. The maximum atomic E-state index is 2.46. The quantitative estimate of drug-likeness (QED) is 0.157. The molecule has 1 nitrogen and oxygen atoms in total. The Kier molecular flexibility index (Phi) is 8.07. The van der Waals surface area contributed by atoms with Gasteiger partial charge in [-0.3, -0.25) is 0 Å². The average molecular weight is 692 g/mol. The molecule has 0 unspecified atom stereocenters. The first-order valence-electron chi connectivity index (χ1n) is 19.3. The molecular formula is C53H41N. The summed E-state index contributed by atoms with van der Waals surface area (Å²) in [6.07, 6.45) is 4.99. The van der Waals surface area contributed by atoms with Crippen LogP contribution < -0.4 is 4.90 Å². The molecule has 54 heavy (non-hydrogen) atoms. The number of hydrogen-bond acceptors (Lipinski definition) is 1. The van der Waals surface area contributed by atoms with Gasteiger partial charge in [0.25, 0.3) is 0 Å². The van der Waals surface area contributed by atoms with Crippen LogP contribution >= 0.6 is 0 Å². The predicted octanol–water partition coefficient (Wildman–Crippen LogP) is 14.8. The van der Waals surface area contributed by atoms with Crippen LogP contribution in [0.15, 0.2) is 182 Å². The maximum Gasteiger partial charge on any atom is 0.0540 e. The second kappa shape index (κ2) is 13.5. The zero-order chi connectivity index (χ0) is 36.0. The van der Waals surface area contributed by atoms with E-state index in [-0.39, 0.29) is 0 Å². The highest BCUT2D eigenvalue weighted by Gasteiger charge is 2.19. The molecule has 0 spiro atoms. The van der Waals surface area contributed by atoms with Gasteiger partial charge in [0, 0.05) is 16.9 Å². The Hall–Kier alpha value is -6.44. The first-order valence-corrected chi connectivity index (χ1v) is 19.3. The molecule has 0 aliphatic heterocycles. The van der Waals surface area contributed by atoms with Crippen molar-refractivity contribution in [2.45, 2.75) is 32.6 Å². The number of aryl methyl sites for hydroxylation is 3. The number of rotatable bonds is 6. The summed E-state index contributed by atoms with van der Waals surface area (Å²) in [7, 11) is 0. The molecule has 0 amide bonds. The molecule has 0 bridgehead atoms. The SMILES string of the molecule is Cc1cc2c(cc1-c1ccc(N(c3ccc(-c4ccc5c6ccccc6c6ccccc6c5c4)cc3)c3ccccc3-c3ccccc3)cc1)CCCC2. The Morgan fingerprint density at radius 3 is 1.48 bits per heavy atom. The highest BCUT2D eigenvalue weighted by atomic mass is 15.1. The lowest BCUT2D eigenvalue weighted by molar-refractivity contribution is 0.685. The molecule has 0 fully saturated rings. The van der Waals surface area contributed by atoms with Gasteiger partial charge in [-0.15, -0.1) is 0 Å². The minimum Gasteiger partial charge on any atom is -0.310 e. The van der Waals surface area contributed by atoms with Crippen molar-refractivity contribution in [3.63, 3.8) is 0 Å². The van der Waals surface area contributed by atoms with Gasteiger partial charge in [0.2, 0.25) is 0 Å². The molecule has 0 atom stereocenters. The zero-order valence-electron chi connectivity index (χ0n) is 30.6. The van der Waals surface area contributed by atoms with Crippen LogP contribution in [0.1, 0.15) is 29.5 Å². The second-order valence-corrected chi connectivity index (χ2v) is 14.8. The Morgan fingerprint density at radius 2 is 0.833 bits per heavy atom. The van der Waals surface area contributed by atoms with E-state index in [0.717, 1.165) is 17.1 Å². The van der Waals surface area contributed by atoms with E-state index in [4.69, 9.17) is 0 Å². The van der Waals surface area contributed by atoms with E-state index < -0.39 is 0 Å². The fourth-order valence-corrected chi connectivity index (χ4v) is 8.86. The third-order valence-electron chi connectivity index (χ3n) is 11.6. The number of hydrogen-bond donors (Lipinski definition) is 0. The van der Waals surface area contributed by atoms with E-state index in [0.29, 0.717) is 0 Å². The largest absolute Gasteiger partial charge is 0.310 e. The minimum absolute atomic E-state index is 1.12. The average Bonchev–Trinajstić information content (AvgIpc) is 3.24. The third kappa shape index (κ3) is 5.65. The van der Waals surface area contributed by atoms with Crippen molar-refractivity contribution in [2.75, 3.05) is 4.90 Å². The topological polar surface area (TPSA) is 3.24 Å². The van der Waals surface area contributed by atoms with Gasteiger partial charge < -0.3 is 4.90 Å². The summed E-state index contributed by atoms with van der Waals surface area (Å²) in [5.41, 5.74) is 15.3. The van der Waals surface area contributed by atoms with E-state index in [2.05, 4.69) is 194 Å². The van der Waals surface area contributed by atoms with Crippen molar-refractivity contribution in [3.05, 3.63) is 199 Å². The van der Waals surface area contributed by atoms with Crippen LogP contribution in [0.4, 0.5) is 17.1 Å². The summed E-state index contributed by atoms with van der Waals surface area (Å²) in [4.78, 5) is 2.41. The molecule has 0 heterocycles. The smallest absolute Gasteiger partial charge is 0.0540 e. The Morgan fingerprint density at radius 1 is 0.352 bits per heavy atom. The molecule has 258 valence electrons. The minimum atomic E-state index is 1.12. The summed E-state index contributed by atoms with van der Waals surface area (Å²) in [6, 6.07) is 67.3. The van der Waals surface area contributed by atoms with Gasteiger partial charge >= 0.3 is 0 Å². The lowest BCUT2D eigenvalue weighted by atomic mass is 9.86. The number of benzene rings is 9. The summed E-state index contributed by atoms with van der Waals surface area (Å²) < 4.78 is 0. The van der Waals surface area contributed by atoms with Crippen molar-refractivity contribution >= 4 is 49.4 Å². The van der Waals surface area contributed by atoms with E-state index in [1.165, 1.54) is 108 Å². The van der Waals surface area contributed by atoms with Crippen LogP contribution in [0, 0.1) is 6.92 Å². The van der Waals surface area contributed by atoms with Gasteiger partial charge in [-0.25, -0.2) is 0 Å². The van der Waals surface area contributed by atoms with Crippen LogP contribution in [0.2, 0.25) is 0 Å². The van der Waals surface area contributed by atoms with Crippen LogP contribution in [-0.2, 0) is 12.8 Å². The fraction of sp³-hybridized carbons (Fsp3) is 0.0943. The second-order valence-electron chi connectivity index (χ2n) is 14.8. The Bertz CT molecular complexity index is 2780. The molecule has 10 rings (SSSR count). The number of para-hydroxylation sites is 1. The highest BCUT2D eigenvalue weighted by Crippen LogP contribution is 2.43. The first kappa shape index (κ1) is 32.2. The molecular weight excluding hydrogens is 651 g/mol. The molecule has 1 aliphatic carbocycles. The van der Waals surface area contributed by atoms with E-state index in [1.807, 2.05) is 0 Å². The van der Waals surface area contributed by atoms with Gasteiger partial charge in [-0.05, 0) is 146 Å². The molecule has 9 aromatic carbocycles. The Labute approximate surface area is 317 Å². The Balaban J connectivity index is 1.07. The highest BCUT2D eigenvalue weighted by molar-refractivity contribution is 6.25. The van der Waals surface area contributed by atoms with E-state index in [1.54, 1.807) is 0 Å². The third-order valence-corrected chi connectivity index (χ3v) is 11.6. The lowest BCUT2D eigenvalue weighted by Crippen LogP contribution is -2.11. The molecule has 0 aromatic heterocycles. The first-order chi connectivity index (χ1) is 26.7. The van der Waals surface area contributed by atoms with Crippen molar-refractivity contribution in [2.24, 2.45) is 0 Å². The molecule has 1 aliphatic rings. The molecule has 0 saturated heterocycles. The molecule has 1 heteroatoms. The van der Waals surface area contributed by atoms with Gasteiger partial charge in [-0.2, -0.15) is 0 Å². The fourth-order valence-electron chi connectivity index (χ4n) is 8.86. The normalized spacial score (nSPS) is 12.6. The summed E-state index contributed by atoms with van der Waals surface area (Å²) in [6.45, 7) is 2.27. The number of anilines is 3. The van der Waals surface area contributed by atoms with Crippen LogP contribution in [0.5, 0.6) is 0 Å². The van der Waals surface area contributed by atoms with Crippen LogP contribution in [-0.4, -0.2) is 0 Å². The van der Waals surface area contributed by atoms with E-state index in [9.17, 15) is 0 Å². The van der Waals surface area contributed by atoms with Gasteiger partial charge in [0.15, 0.2) is 0 Å². The lowest BCUT2D eigenvalue weighted by Gasteiger charge is -2.28. The number of fused-ring (bicyclic) bond motifs is 7. The maximum absolute atomic E-state index is 2.46. The van der Waals surface area contributed by atoms with Crippen LogP contribution in [0.3, 0.4) is 0 Å². The summed E-state index contributed by atoms with van der Waals surface area (Å²) >= 11 is 0. The molecule has 0 saturated carbocycles. The zero-order valence-corrected chi connectivity index (χ0v) is 30.6. The van der Waals surface area contributed by atoms with Crippen LogP contribution in [0.25, 0.3) is 65.7 Å². The molecule has 0 N–H and O–H groups in total. The van der Waals surface area contributed by atoms with Gasteiger partial charge in [0.1, 0.15) is 0 Å². The van der Waals surface area contributed by atoms with Crippen molar-refractivity contribution in [1.29, 1.82) is 0 Å². The molecule has 9 aromatic rings. The van der Waals surface area contributed by atoms with Gasteiger partial charge in [-0.1, -0.05) is 146 Å². The van der Waals surface area contributed by atoms with Crippen molar-refractivity contribution in [3.8, 4) is 33.4 Å². The standard InChI is InChI=1S/C53H41N/c1-36-33-40-15-5-6-16-41(40)34-51(36)39-25-30-44(31-26-39)54(53-22-12-11-17-45(53)38-13-3-2-4-14-38)43-28-23-37(24-29-43)42-27-32-50-48-20-8-7-18-46(48)47-19-9-10-21-49(47)52(50)35-42/h2-4,7-14,17-35H,5-6,15-16H2,1H3. The molecule has 0 radical (unpaired) electrons. The van der Waals surface area contributed by atoms with Gasteiger partial charge in [0.05, 0.1) is 5.69 Å². The number of nitrogens with zero attached hydrogens (tertiary/aromatic N) is 1. The van der Waals surface area contributed by atoms with Crippen molar-refractivity contribution < 1.29 is 0 Å². The predicted molar refractivity (Wildman–Crippen MR) is 231 cm³/mol. The summed E-state index contributed by atoms with van der Waals surface area (Å²) in [5.74, 6) is 0. The van der Waals surface area contributed by atoms with Crippen molar-refractivity contribution in [1.82, 2.24) is 0 Å². The van der Waals surface area contributed by atoms with E-state index >= 15 is 0 Å². The monoisotopic (exact) mass is 691 g/mol.